The second-order valence-electron chi connectivity index (χ2n) is 9.50. The number of alkyl halides is 9. The lowest BCUT2D eigenvalue weighted by Gasteiger charge is -2.29. The largest absolute Gasteiger partial charge is 0.497 e. The predicted molar refractivity (Wildman–Crippen MR) is 149 cm³/mol. The average Bonchev–Trinajstić information content (AvgIpc) is 3.01. The Bertz CT molecular complexity index is 1430. The van der Waals surface area contributed by atoms with Gasteiger partial charge in [-0.3, -0.25) is 14.9 Å². The number of carboxylic acid groups (broad SMARTS) is 3. The van der Waals surface area contributed by atoms with Crippen LogP contribution in [0.15, 0.2) is 61.2 Å². The fraction of sp³-hybridized carbons (Fsp3) is 0.345. The molecule has 3 aromatic rings. The van der Waals surface area contributed by atoms with Gasteiger partial charge in [0.25, 0.3) is 0 Å². The Hall–Kier alpha value is -4.98. The Morgan fingerprint density at radius 1 is 0.735 bits per heavy atom. The number of nitrogens with zero attached hydrogens (tertiary/aromatic N) is 3. The van der Waals surface area contributed by atoms with E-state index >= 15 is 0 Å². The van der Waals surface area contributed by atoms with Crippen LogP contribution in [0.5, 0.6) is 5.75 Å². The highest BCUT2D eigenvalue weighted by Gasteiger charge is 2.39. The Morgan fingerprint density at radius 3 is 1.67 bits per heavy atom. The number of carbonyl (C=O) groups is 3. The number of methoxy groups -OCH3 is 1. The van der Waals surface area contributed by atoms with Gasteiger partial charge < -0.3 is 24.8 Å². The molecule has 3 heterocycles. The average molecular weight is 718 g/mol. The van der Waals surface area contributed by atoms with E-state index in [1.54, 1.807) is 19.5 Å². The summed E-state index contributed by atoms with van der Waals surface area (Å²) in [5, 5.41) is 21.4. The minimum atomic E-state index is -5.08. The summed E-state index contributed by atoms with van der Waals surface area (Å²) in [5.41, 5.74) is 6.35. The highest BCUT2D eigenvalue weighted by molar-refractivity contribution is 5.73. The number of halogens is 9. The second kappa shape index (κ2) is 19.1. The van der Waals surface area contributed by atoms with Gasteiger partial charge in [-0.1, -0.05) is 12.1 Å². The first-order chi connectivity index (χ1) is 22.6. The van der Waals surface area contributed by atoms with Crippen LogP contribution in [-0.2, 0) is 51.8 Å². The minimum absolute atomic E-state index is 0.593. The zero-order valence-electron chi connectivity index (χ0n) is 25.1. The van der Waals surface area contributed by atoms with Crippen molar-refractivity contribution < 1.29 is 78.7 Å². The lowest BCUT2D eigenvalue weighted by molar-refractivity contribution is -0.193. The summed E-state index contributed by atoms with van der Waals surface area (Å²) in [6.07, 6.45) is -6.68. The first-order valence-corrected chi connectivity index (χ1v) is 13.3. The highest BCUT2D eigenvalue weighted by Crippen LogP contribution is 2.24. The van der Waals surface area contributed by atoms with E-state index in [-0.39, 0.29) is 0 Å². The van der Waals surface area contributed by atoms with E-state index in [4.69, 9.17) is 39.2 Å². The quantitative estimate of drug-likeness (QED) is 0.259. The zero-order valence-corrected chi connectivity index (χ0v) is 25.1. The Morgan fingerprint density at radius 2 is 1.22 bits per heavy atom. The molecule has 2 aromatic heterocycles. The van der Waals surface area contributed by atoms with E-state index in [0.29, 0.717) is 13.2 Å². The van der Waals surface area contributed by atoms with Gasteiger partial charge in [0.05, 0.1) is 20.3 Å². The van der Waals surface area contributed by atoms with Gasteiger partial charge >= 0.3 is 36.4 Å². The first-order valence-electron chi connectivity index (χ1n) is 13.3. The molecule has 0 fully saturated rings. The van der Waals surface area contributed by atoms with Crippen LogP contribution in [-0.4, -0.2) is 80.3 Å². The van der Waals surface area contributed by atoms with Gasteiger partial charge in [0.2, 0.25) is 0 Å². The van der Waals surface area contributed by atoms with E-state index in [1.807, 2.05) is 36.7 Å². The molecule has 0 saturated heterocycles. The summed E-state index contributed by atoms with van der Waals surface area (Å²) in [6.45, 7) is 4.09. The van der Waals surface area contributed by atoms with Crippen molar-refractivity contribution in [1.82, 2.24) is 14.9 Å². The number of carboxylic acids is 3. The third kappa shape index (κ3) is 16.6. The van der Waals surface area contributed by atoms with Crippen LogP contribution in [0.1, 0.15) is 27.8 Å². The molecule has 1 aromatic carbocycles. The number of rotatable bonds is 7. The van der Waals surface area contributed by atoms with E-state index in [0.717, 1.165) is 37.4 Å². The van der Waals surface area contributed by atoms with Crippen molar-refractivity contribution in [3.05, 3.63) is 89.0 Å². The van der Waals surface area contributed by atoms with E-state index < -0.39 is 36.4 Å². The monoisotopic (exact) mass is 717 g/mol. The van der Waals surface area contributed by atoms with Gasteiger partial charge in [0.1, 0.15) is 5.75 Å². The number of ether oxygens (including phenoxy) is 2. The normalized spacial score (nSPS) is 12.8. The molecule has 4 rings (SSSR count). The van der Waals surface area contributed by atoms with Crippen LogP contribution >= 0.6 is 0 Å². The summed E-state index contributed by atoms with van der Waals surface area (Å²) >= 11 is 0. The summed E-state index contributed by atoms with van der Waals surface area (Å²) in [6, 6.07) is 12.3. The standard InChI is InChI=1S/C23H25N3O2.3C2HF3O2/c1-27-22-4-2-18(3-5-22)14-26-11-8-23-20(15-26)12-25-13-21(23)17-28-16-19-6-9-24-10-7-19;3*3-2(4,5)1(6)7/h2-7,9-10,12-13H,8,11,14-17H2,1H3;3*(H,6,7). The molecule has 0 amide bonds. The summed E-state index contributed by atoms with van der Waals surface area (Å²) in [4.78, 5) is 37.6. The van der Waals surface area contributed by atoms with Crippen molar-refractivity contribution in [3.8, 4) is 5.75 Å². The van der Waals surface area contributed by atoms with Crippen LogP contribution < -0.4 is 4.74 Å². The molecule has 0 unspecified atom stereocenters. The lowest BCUT2D eigenvalue weighted by Crippen LogP contribution is -2.31. The van der Waals surface area contributed by atoms with Crippen molar-refractivity contribution in [1.29, 1.82) is 0 Å². The van der Waals surface area contributed by atoms with Gasteiger partial charge in [-0.15, -0.1) is 0 Å². The summed E-state index contributed by atoms with van der Waals surface area (Å²) in [7, 11) is 1.70. The van der Waals surface area contributed by atoms with Crippen molar-refractivity contribution in [2.24, 2.45) is 0 Å². The molecule has 3 N–H and O–H groups in total. The maximum atomic E-state index is 10.6. The van der Waals surface area contributed by atoms with Gasteiger partial charge in [-0.2, -0.15) is 39.5 Å². The Balaban J connectivity index is 0.000000467. The van der Waals surface area contributed by atoms with Crippen LogP contribution in [0, 0.1) is 0 Å². The van der Waals surface area contributed by atoms with E-state index in [1.165, 1.54) is 22.3 Å². The van der Waals surface area contributed by atoms with Gasteiger partial charge in [-0.05, 0) is 58.5 Å². The third-order valence-corrected chi connectivity index (χ3v) is 5.88. The van der Waals surface area contributed by atoms with Crippen LogP contribution in [0.25, 0.3) is 0 Å². The van der Waals surface area contributed by atoms with Gasteiger partial charge in [-0.25, -0.2) is 14.4 Å². The lowest BCUT2D eigenvalue weighted by atomic mass is 9.97. The maximum absolute atomic E-state index is 10.6. The fourth-order valence-electron chi connectivity index (χ4n) is 3.63. The minimum Gasteiger partial charge on any atom is -0.497 e. The van der Waals surface area contributed by atoms with E-state index in [9.17, 15) is 39.5 Å². The molecule has 0 spiro atoms. The summed E-state index contributed by atoms with van der Waals surface area (Å²) < 4.78 is 106. The molecule has 0 saturated carbocycles. The highest BCUT2D eigenvalue weighted by atomic mass is 19.4. The summed E-state index contributed by atoms with van der Waals surface area (Å²) in [5.74, 6) is -7.37. The molecule has 1 aliphatic rings. The molecule has 270 valence electrons. The SMILES string of the molecule is COc1ccc(CN2CCc3c(COCc4ccncc4)cncc3C2)cc1.O=C(O)C(F)(F)F.O=C(O)C(F)(F)F.O=C(O)C(F)(F)F. The van der Waals surface area contributed by atoms with Crippen molar-refractivity contribution in [2.45, 2.75) is 51.3 Å². The number of hydrogen-bond donors (Lipinski definition) is 3. The number of aromatic nitrogens is 2. The van der Waals surface area contributed by atoms with Crippen molar-refractivity contribution in [2.75, 3.05) is 13.7 Å². The fourth-order valence-corrected chi connectivity index (χ4v) is 3.63. The molecular weight excluding hydrogens is 689 g/mol. The van der Waals surface area contributed by atoms with Crippen molar-refractivity contribution in [3.63, 3.8) is 0 Å². The smallest absolute Gasteiger partial charge is 0.490 e. The molecule has 0 atom stereocenters. The third-order valence-electron chi connectivity index (χ3n) is 5.88. The molecule has 0 bridgehead atoms. The number of hydrogen-bond acceptors (Lipinski definition) is 8. The maximum Gasteiger partial charge on any atom is 0.490 e. The van der Waals surface area contributed by atoms with Gasteiger partial charge in [0, 0.05) is 44.4 Å². The molecule has 0 aliphatic carbocycles. The van der Waals surface area contributed by atoms with Crippen LogP contribution in [0.3, 0.4) is 0 Å². The second-order valence-corrected chi connectivity index (χ2v) is 9.50. The Labute approximate surface area is 271 Å². The van der Waals surface area contributed by atoms with Gasteiger partial charge in [0.15, 0.2) is 0 Å². The van der Waals surface area contributed by atoms with Crippen molar-refractivity contribution >= 4 is 17.9 Å². The molecule has 11 nitrogen and oxygen atoms in total. The Kier molecular flexibility index (Phi) is 16.4. The topological polar surface area (TPSA) is 159 Å². The molecule has 0 radical (unpaired) electrons. The molecule has 1 aliphatic heterocycles. The van der Waals surface area contributed by atoms with Crippen LogP contribution in [0.4, 0.5) is 39.5 Å². The molecular formula is C29H28F9N3O8. The molecule has 20 heteroatoms. The number of fused-ring (bicyclic) bond motifs is 1. The van der Waals surface area contributed by atoms with Crippen LogP contribution in [0.2, 0.25) is 0 Å². The molecule has 49 heavy (non-hydrogen) atoms. The number of pyridine rings is 2. The predicted octanol–water partition coefficient (Wildman–Crippen LogP) is 5.66. The first kappa shape index (κ1) is 42.0. The zero-order chi connectivity index (χ0) is 37.4. The number of benzene rings is 1. The number of aliphatic carboxylic acids is 3. The van der Waals surface area contributed by atoms with E-state index in [2.05, 4.69) is 27.0 Å².